The van der Waals surface area contributed by atoms with Crippen molar-refractivity contribution in [1.82, 2.24) is 10.2 Å². The second kappa shape index (κ2) is 6.24. The molecule has 1 aromatic rings. The molecule has 21 heavy (non-hydrogen) atoms. The molecule has 0 unspecified atom stereocenters. The van der Waals surface area contributed by atoms with Crippen molar-refractivity contribution in [3.8, 4) is 5.75 Å². The molecule has 2 aliphatic rings. The number of nitrogens with zero attached hydrogens (tertiary/aromatic N) is 3. The molecule has 5 heteroatoms. The molecule has 1 aromatic carbocycles. The van der Waals surface area contributed by atoms with Crippen LogP contribution in [0.1, 0.15) is 12.8 Å². The monoisotopic (exact) mass is 288 g/mol. The predicted octanol–water partition coefficient (Wildman–Crippen LogP) is 1.55. The van der Waals surface area contributed by atoms with E-state index < -0.39 is 0 Å². The quantitative estimate of drug-likeness (QED) is 0.677. The van der Waals surface area contributed by atoms with Crippen LogP contribution >= 0.6 is 0 Å². The van der Waals surface area contributed by atoms with Crippen LogP contribution in [-0.4, -0.2) is 57.2 Å². The summed E-state index contributed by atoms with van der Waals surface area (Å²) in [5.74, 6) is 2.00. The van der Waals surface area contributed by atoms with Gasteiger partial charge in [-0.25, -0.2) is 0 Å². The molecule has 5 nitrogen and oxygen atoms in total. The van der Waals surface area contributed by atoms with Gasteiger partial charge in [0.05, 0.1) is 12.8 Å². The second-order valence-corrected chi connectivity index (χ2v) is 5.61. The van der Waals surface area contributed by atoms with E-state index in [1.54, 1.807) is 7.11 Å². The number of piperazine rings is 1. The number of methoxy groups -OCH3 is 1. The number of hydrogen-bond acceptors (Lipinski definition) is 3. The highest BCUT2D eigenvalue weighted by Crippen LogP contribution is 2.28. The van der Waals surface area contributed by atoms with Crippen LogP contribution in [0, 0.1) is 0 Å². The van der Waals surface area contributed by atoms with Crippen LogP contribution in [0.3, 0.4) is 0 Å². The van der Waals surface area contributed by atoms with E-state index in [0.29, 0.717) is 6.04 Å². The lowest BCUT2D eigenvalue weighted by molar-refractivity contribution is 0.367. The van der Waals surface area contributed by atoms with Crippen molar-refractivity contribution in [3.05, 3.63) is 24.3 Å². The van der Waals surface area contributed by atoms with Crippen LogP contribution in [0.15, 0.2) is 29.3 Å². The second-order valence-electron chi connectivity index (χ2n) is 5.61. The summed E-state index contributed by atoms with van der Waals surface area (Å²) in [6, 6.07) is 8.88. The Labute approximate surface area is 126 Å². The summed E-state index contributed by atoms with van der Waals surface area (Å²) >= 11 is 0. The SMILES string of the molecule is CN=C(NC1CC1)N1CCN(c2ccccc2OC)CC1. The summed E-state index contributed by atoms with van der Waals surface area (Å²) in [4.78, 5) is 9.15. The van der Waals surface area contributed by atoms with Gasteiger partial charge in [-0.2, -0.15) is 0 Å². The zero-order chi connectivity index (χ0) is 14.7. The van der Waals surface area contributed by atoms with Gasteiger partial charge in [0.25, 0.3) is 0 Å². The molecular weight excluding hydrogens is 264 g/mol. The highest BCUT2D eigenvalue weighted by atomic mass is 16.5. The molecule has 1 N–H and O–H groups in total. The van der Waals surface area contributed by atoms with Crippen molar-refractivity contribution >= 4 is 11.6 Å². The first kappa shape index (κ1) is 14.0. The lowest BCUT2D eigenvalue weighted by Crippen LogP contribution is -2.53. The van der Waals surface area contributed by atoms with Crippen LogP contribution in [0.2, 0.25) is 0 Å². The summed E-state index contributed by atoms with van der Waals surface area (Å²) in [6.45, 7) is 3.96. The van der Waals surface area contributed by atoms with Gasteiger partial charge in [-0.3, -0.25) is 4.99 Å². The molecule has 1 heterocycles. The molecule has 1 aliphatic carbocycles. The Balaban J connectivity index is 1.61. The van der Waals surface area contributed by atoms with Crippen LogP contribution < -0.4 is 15.0 Å². The number of nitrogens with one attached hydrogen (secondary N) is 1. The number of guanidine groups is 1. The molecule has 0 aromatic heterocycles. The molecular formula is C16H24N4O. The number of aliphatic imine (C=N–C) groups is 1. The minimum atomic E-state index is 0.649. The van der Waals surface area contributed by atoms with E-state index in [1.807, 2.05) is 19.2 Å². The largest absolute Gasteiger partial charge is 0.495 e. The number of rotatable bonds is 3. The standard InChI is InChI=1S/C16H24N4O/c1-17-16(18-13-7-8-13)20-11-9-19(10-12-20)14-5-3-4-6-15(14)21-2/h3-6,13H,7-12H2,1-2H3,(H,17,18). The first-order valence-corrected chi connectivity index (χ1v) is 7.68. The van der Waals surface area contributed by atoms with Crippen molar-refractivity contribution in [2.45, 2.75) is 18.9 Å². The summed E-state index contributed by atoms with van der Waals surface area (Å²) in [7, 11) is 3.60. The maximum Gasteiger partial charge on any atom is 0.193 e. The van der Waals surface area contributed by atoms with Crippen LogP contribution in [-0.2, 0) is 0 Å². The fraction of sp³-hybridized carbons (Fsp3) is 0.562. The third-order valence-electron chi connectivity index (χ3n) is 4.13. The first-order valence-electron chi connectivity index (χ1n) is 7.68. The normalized spacial score (nSPS) is 19.6. The Hall–Kier alpha value is -1.91. The van der Waals surface area contributed by atoms with Gasteiger partial charge < -0.3 is 19.9 Å². The Kier molecular flexibility index (Phi) is 4.18. The Morgan fingerprint density at radius 2 is 1.90 bits per heavy atom. The summed E-state index contributed by atoms with van der Waals surface area (Å²) in [6.07, 6.45) is 2.56. The molecule has 0 atom stereocenters. The molecule has 1 saturated carbocycles. The number of anilines is 1. The van der Waals surface area contributed by atoms with Gasteiger partial charge in [-0.1, -0.05) is 12.1 Å². The highest BCUT2D eigenvalue weighted by molar-refractivity contribution is 5.80. The van der Waals surface area contributed by atoms with Crippen LogP contribution in [0.4, 0.5) is 5.69 Å². The van der Waals surface area contributed by atoms with E-state index in [9.17, 15) is 0 Å². The Bertz CT molecular complexity index is 505. The minimum absolute atomic E-state index is 0.649. The van der Waals surface area contributed by atoms with Gasteiger partial charge in [0.2, 0.25) is 0 Å². The molecule has 114 valence electrons. The van der Waals surface area contributed by atoms with Gasteiger partial charge >= 0.3 is 0 Å². The zero-order valence-electron chi connectivity index (χ0n) is 12.9. The topological polar surface area (TPSA) is 40.1 Å². The number of benzene rings is 1. The highest BCUT2D eigenvalue weighted by Gasteiger charge is 2.26. The molecule has 1 saturated heterocycles. The molecule has 0 spiro atoms. The molecule has 0 bridgehead atoms. The van der Waals surface area contributed by atoms with E-state index in [-0.39, 0.29) is 0 Å². The molecule has 3 rings (SSSR count). The van der Waals surface area contributed by atoms with Crippen LogP contribution in [0.5, 0.6) is 5.75 Å². The minimum Gasteiger partial charge on any atom is -0.495 e. The van der Waals surface area contributed by atoms with Gasteiger partial charge in [0.1, 0.15) is 5.75 Å². The zero-order valence-corrected chi connectivity index (χ0v) is 12.9. The number of hydrogen-bond donors (Lipinski definition) is 1. The molecule has 0 amide bonds. The summed E-state index contributed by atoms with van der Waals surface area (Å²) < 4.78 is 5.46. The van der Waals surface area contributed by atoms with E-state index in [4.69, 9.17) is 4.74 Å². The fourth-order valence-corrected chi connectivity index (χ4v) is 2.76. The van der Waals surface area contributed by atoms with Gasteiger partial charge in [-0.15, -0.1) is 0 Å². The molecule has 2 fully saturated rings. The van der Waals surface area contributed by atoms with Gasteiger partial charge in [0, 0.05) is 39.3 Å². The van der Waals surface area contributed by atoms with Gasteiger partial charge in [0.15, 0.2) is 5.96 Å². The summed E-state index contributed by atoms with van der Waals surface area (Å²) in [5, 5.41) is 3.52. The van der Waals surface area contributed by atoms with Crippen molar-refractivity contribution in [2.24, 2.45) is 4.99 Å². The fourth-order valence-electron chi connectivity index (χ4n) is 2.76. The predicted molar refractivity (Wildman–Crippen MR) is 86.3 cm³/mol. The van der Waals surface area contributed by atoms with E-state index in [2.05, 4.69) is 32.2 Å². The van der Waals surface area contributed by atoms with E-state index >= 15 is 0 Å². The lowest BCUT2D eigenvalue weighted by Gasteiger charge is -2.38. The maximum absolute atomic E-state index is 5.46. The van der Waals surface area contributed by atoms with E-state index in [0.717, 1.165) is 37.9 Å². The van der Waals surface area contributed by atoms with Crippen molar-refractivity contribution in [3.63, 3.8) is 0 Å². The van der Waals surface area contributed by atoms with Crippen molar-refractivity contribution in [2.75, 3.05) is 45.2 Å². The Morgan fingerprint density at radius 3 is 2.52 bits per heavy atom. The van der Waals surface area contributed by atoms with Gasteiger partial charge in [-0.05, 0) is 25.0 Å². The number of para-hydroxylation sites is 2. The van der Waals surface area contributed by atoms with E-state index in [1.165, 1.54) is 18.5 Å². The van der Waals surface area contributed by atoms with Crippen molar-refractivity contribution in [1.29, 1.82) is 0 Å². The average molecular weight is 288 g/mol. The first-order chi connectivity index (χ1) is 10.3. The Morgan fingerprint density at radius 1 is 1.19 bits per heavy atom. The molecule has 0 radical (unpaired) electrons. The maximum atomic E-state index is 5.46. The third-order valence-corrected chi connectivity index (χ3v) is 4.13. The van der Waals surface area contributed by atoms with Crippen LogP contribution in [0.25, 0.3) is 0 Å². The van der Waals surface area contributed by atoms with Crippen molar-refractivity contribution < 1.29 is 4.74 Å². The summed E-state index contributed by atoms with van der Waals surface area (Å²) in [5.41, 5.74) is 1.18. The lowest BCUT2D eigenvalue weighted by atomic mass is 10.2. The third kappa shape index (κ3) is 3.23. The average Bonchev–Trinajstić information content (AvgIpc) is 3.37. The number of ether oxygens (including phenoxy) is 1. The smallest absolute Gasteiger partial charge is 0.193 e. The molecule has 1 aliphatic heterocycles.